The van der Waals surface area contributed by atoms with Crippen molar-refractivity contribution in [1.29, 1.82) is 0 Å². The van der Waals surface area contributed by atoms with Crippen molar-refractivity contribution in [2.45, 2.75) is 13.0 Å². The molecule has 0 fully saturated rings. The van der Waals surface area contributed by atoms with E-state index in [9.17, 15) is 9.18 Å². The van der Waals surface area contributed by atoms with Crippen LogP contribution in [0.25, 0.3) is 0 Å². The Morgan fingerprint density at radius 3 is 2.92 bits per heavy atom. The standard InChI is InChI=1S/C9H9FN2O/c1-4-5-3-8(11)7(10)2-6(5)9(13)12-4/h2-4H,11H2,1H3,(H,12,13). The third kappa shape index (κ3) is 1.06. The number of carbonyl (C=O) groups is 1. The van der Waals surface area contributed by atoms with E-state index in [0.29, 0.717) is 5.56 Å². The van der Waals surface area contributed by atoms with Crippen molar-refractivity contribution < 1.29 is 9.18 Å². The summed E-state index contributed by atoms with van der Waals surface area (Å²) in [4.78, 5) is 11.2. The summed E-state index contributed by atoms with van der Waals surface area (Å²) in [5.41, 5.74) is 6.63. The van der Waals surface area contributed by atoms with Crippen molar-refractivity contribution >= 4 is 11.6 Å². The Labute approximate surface area is 74.7 Å². The number of benzene rings is 1. The Bertz CT molecular complexity index is 389. The second-order valence-electron chi connectivity index (χ2n) is 3.16. The molecule has 0 saturated carbocycles. The van der Waals surface area contributed by atoms with Crippen molar-refractivity contribution in [3.63, 3.8) is 0 Å². The molecule has 68 valence electrons. The fourth-order valence-corrected chi connectivity index (χ4v) is 1.51. The Morgan fingerprint density at radius 1 is 1.54 bits per heavy atom. The molecule has 2 rings (SSSR count). The van der Waals surface area contributed by atoms with Crippen LogP contribution in [-0.2, 0) is 0 Å². The third-order valence-corrected chi connectivity index (χ3v) is 2.23. The lowest BCUT2D eigenvalue weighted by Crippen LogP contribution is -2.16. The average molecular weight is 180 g/mol. The van der Waals surface area contributed by atoms with Crippen LogP contribution < -0.4 is 11.1 Å². The molecule has 1 aliphatic heterocycles. The van der Waals surface area contributed by atoms with E-state index in [1.54, 1.807) is 0 Å². The predicted molar refractivity (Wildman–Crippen MR) is 46.7 cm³/mol. The lowest BCUT2D eigenvalue weighted by Gasteiger charge is -2.04. The van der Waals surface area contributed by atoms with Gasteiger partial charge in [0.1, 0.15) is 5.82 Å². The summed E-state index contributed by atoms with van der Waals surface area (Å²) in [6.07, 6.45) is 0. The molecular weight excluding hydrogens is 171 g/mol. The van der Waals surface area contributed by atoms with Crippen LogP contribution in [0.1, 0.15) is 28.9 Å². The fraction of sp³-hybridized carbons (Fsp3) is 0.222. The number of nitrogen functional groups attached to an aromatic ring is 1. The second-order valence-corrected chi connectivity index (χ2v) is 3.16. The SMILES string of the molecule is CC1NC(=O)c2cc(F)c(N)cc21. The maximum absolute atomic E-state index is 13.0. The van der Waals surface area contributed by atoms with Gasteiger partial charge in [0.2, 0.25) is 0 Å². The zero-order chi connectivity index (χ0) is 9.59. The molecule has 3 nitrogen and oxygen atoms in total. The van der Waals surface area contributed by atoms with Gasteiger partial charge >= 0.3 is 0 Å². The van der Waals surface area contributed by atoms with Gasteiger partial charge in [-0.05, 0) is 24.6 Å². The zero-order valence-electron chi connectivity index (χ0n) is 7.10. The molecule has 4 heteroatoms. The monoisotopic (exact) mass is 180 g/mol. The molecule has 1 aliphatic rings. The Hall–Kier alpha value is -1.58. The van der Waals surface area contributed by atoms with Crippen LogP contribution in [0.4, 0.5) is 10.1 Å². The minimum atomic E-state index is -0.539. The molecule has 1 heterocycles. The molecule has 1 aromatic carbocycles. The highest BCUT2D eigenvalue weighted by atomic mass is 19.1. The number of hydrogen-bond acceptors (Lipinski definition) is 2. The molecule has 3 N–H and O–H groups in total. The van der Waals surface area contributed by atoms with Crippen LogP contribution in [0, 0.1) is 5.82 Å². The molecule has 0 spiro atoms. The highest BCUT2D eigenvalue weighted by Gasteiger charge is 2.26. The van der Waals surface area contributed by atoms with Crippen LogP contribution >= 0.6 is 0 Å². The van der Waals surface area contributed by atoms with Gasteiger partial charge in [-0.3, -0.25) is 4.79 Å². The molecule has 0 saturated heterocycles. The number of halogens is 1. The van der Waals surface area contributed by atoms with Gasteiger partial charge in [0.15, 0.2) is 0 Å². The predicted octanol–water partition coefficient (Wildman–Crippen LogP) is 1.21. The summed E-state index contributed by atoms with van der Waals surface area (Å²) in [5.74, 6) is -0.774. The van der Waals surface area contributed by atoms with Gasteiger partial charge in [-0.2, -0.15) is 0 Å². The maximum Gasteiger partial charge on any atom is 0.252 e. The van der Waals surface area contributed by atoms with E-state index in [2.05, 4.69) is 5.32 Å². The number of carbonyl (C=O) groups excluding carboxylic acids is 1. The van der Waals surface area contributed by atoms with E-state index in [-0.39, 0.29) is 17.6 Å². The number of nitrogens with two attached hydrogens (primary N) is 1. The van der Waals surface area contributed by atoms with Crippen LogP contribution in [0.15, 0.2) is 12.1 Å². The van der Waals surface area contributed by atoms with Crippen LogP contribution in [0.2, 0.25) is 0 Å². The van der Waals surface area contributed by atoms with E-state index in [4.69, 9.17) is 5.73 Å². The highest BCUT2D eigenvalue weighted by Crippen LogP contribution is 2.28. The molecular formula is C9H9FN2O. The first-order valence-electron chi connectivity index (χ1n) is 3.99. The number of anilines is 1. The minimum Gasteiger partial charge on any atom is -0.396 e. The second kappa shape index (κ2) is 2.45. The van der Waals surface area contributed by atoms with Gasteiger partial charge in [0.05, 0.1) is 11.7 Å². The summed E-state index contributed by atoms with van der Waals surface area (Å²) >= 11 is 0. The molecule has 1 atom stereocenters. The molecule has 1 unspecified atom stereocenters. The normalized spacial score (nSPS) is 19.8. The number of rotatable bonds is 0. The number of amides is 1. The first-order chi connectivity index (χ1) is 6.09. The number of fused-ring (bicyclic) bond motifs is 1. The fourth-order valence-electron chi connectivity index (χ4n) is 1.51. The molecule has 0 aliphatic carbocycles. The van der Waals surface area contributed by atoms with Crippen molar-refractivity contribution in [1.82, 2.24) is 5.32 Å². The lowest BCUT2D eigenvalue weighted by atomic mass is 10.0. The van der Waals surface area contributed by atoms with Crippen molar-refractivity contribution in [3.05, 3.63) is 29.1 Å². The maximum atomic E-state index is 13.0. The average Bonchev–Trinajstić information content (AvgIpc) is 2.31. The topological polar surface area (TPSA) is 55.1 Å². The summed E-state index contributed by atoms with van der Waals surface area (Å²) in [7, 11) is 0. The van der Waals surface area contributed by atoms with E-state index < -0.39 is 5.82 Å². The Balaban J connectivity index is 2.65. The summed E-state index contributed by atoms with van der Waals surface area (Å²) < 4.78 is 13.0. The van der Waals surface area contributed by atoms with Gasteiger partial charge in [-0.1, -0.05) is 0 Å². The van der Waals surface area contributed by atoms with Crippen LogP contribution in [0.5, 0.6) is 0 Å². The van der Waals surface area contributed by atoms with Crippen molar-refractivity contribution in [2.24, 2.45) is 0 Å². The van der Waals surface area contributed by atoms with Crippen molar-refractivity contribution in [2.75, 3.05) is 5.73 Å². The van der Waals surface area contributed by atoms with Gasteiger partial charge in [-0.25, -0.2) is 4.39 Å². The molecule has 1 amide bonds. The van der Waals surface area contributed by atoms with Crippen LogP contribution in [-0.4, -0.2) is 5.91 Å². The molecule has 13 heavy (non-hydrogen) atoms. The van der Waals surface area contributed by atoms with Crippen molar-refractivity contribution in [3.8, 4) is 0 Å². The van der Waals surface area contributed by atoms with E-state index in [1.807, 2.05) is 6.92 Å². The molecule has 0 aromatic heterocycles. The van der Waals surface area contributed by atoms with E-state index in [0.717, 1.165) is 5.56 Å². The Kier molecular flexibility index (Phi) is 1.52. The van der Waals surface area contributed by atoms with Crippen LogP contribution in [0.3, 0.4) is 0 Å². The van der Waals surface area contributed by atoms with E-state index >= 15 is 0 Å². The number of nitrogens with one attached hydrogen (secondary N) is 1. The Morgan fingerprint density at radius 2 is 2.23 bits per heavy atom. The summed E-state index contributed by atoms with van der Waals surface area (Å²) in [6, 6.07) is 2.61. The van der Waals surface area contributed by atoms with Gasteiger partial charge in [-0.15, -0.1) is 0 Å². The molecule has 0 radical (unpaired) electrons. The largest absolute Gasteiger partial charge is 0.396 e. The molecule has 0 bridgehead atoms. The first-order valence-corrected chi connectivity index (χ1v) is 3.99. The smallest absolute Gasteiger partial charge is 0.252 e. The van der Waals surface area contributed by atoms with E-state index in [1.165, 1.54) is 12.1 Å². The number of hydrogen-bond donors (Lipinski definition) is 2. The minimum absolute atomic E-state index is 0.0783. The zero-order valence-corrected chi connectivity index (χ0v) is 7.10. The first kappa shape index (κ1) is 8.04. The van der Waals surface area contributed by atoms with Gasteiger partial charge < -0.3 is 11.1 Å². The van der Waals surface area contributed by atoms with Gasteiger partial charge in [0.25, 0.3) is 5.91 Å². The highest BCUT2D eigenvalue weighted by molar-refractivity contribution is 5.99. The lowest BCUT2D eigenvalue weighted by molar-refractivity contribution is 0.0958. The summed E-state index contributed by atoms with van der Waals surface area (Å²) in [5, 5.41) is 2.68. The third-order valence-electron chi connectivity index (χ3n) is 2.23. The molecule has 1 aromatic rings. The quantitative estimate of drug-likeness (QED) is 0.589. The summed E-state index contributed by atoms with van der Waals surface area (Å²) in [6.45, 7) is 1.83. The van der Waals surface area contributed by atoms with Gasteiger partial charge in [0, 0.05) is 5.56 Å².